The maximum atomic E-state index is 12.9. The number of nitrogens with one attached hydrogen (secondary N) is 1. The number of carbonyl (C=O) groups is 2. The van der Waals surface area contributed by atoms with E-state index in [9.17, 15) is 9.59 Å². The van der Waals surface area contributed by atoms with Crippen LogP contribution in [0.4, 0.5) is 4.79 Å². The Kier molecular flexibility index (Phi) is 4.28. The summed E-state index contributed by atoms with van der Waals surface area (Å²) in [4.78, 5) is 26.5. The van der Waals surface area contributed by atoms with Crippen LogP contribution in [0.3, 0.4) is 0 Å². The van der Waals surface area contributed by atoms with Gasteiger partial charge < -0.3 is 5.32 Å². The molecule has 3 amide bonds. The highest BCUT2D eigenvalue weighted by Crippen LogP contribution is 2.33. The summed E-state index contributed by atoms with van der Waals surface area (Å²) in [6.07, 6.45) is 0. The molecule has 6 heteroatoms. The van der Waals surface area contributed by atoms with Crippen molar-refractivity contribution in [3.8, 4) is 0 Å². The van der Waals surface area contributed by atoms with Gasteiger partial charge in [0.25, 0.3) is 5.91 Å². The molecule has 1 aliphatic heterocycles. The molecular formula is C18H16Cl2N2O2. The van der Waals surface area contributed by atoms with Crippen molar-refractivity contribution in [1.82, 2.24) is 10.2 Å². The fourth-order valence-corrected chi connectivity index (χ4v) is 3.10. The molecule has 1 aliphatic rings. The summed E-state index contributed by atoms with van der Waals surface area (Å²) in [6, 6.07) is 12.2. The molecule has 0 spiro atoms. The molecule has 1 N–H and O–H groups in total. The molecular weight excluding hydrogens is 347 g/mol. The van der Waals surface area contributed by atoms with Crippen LogP contribution in [0.5, 0.6) is 0 Å². The van der Waals surface area contributed by atoms with Gasteiger partial charge in [0.15, 0.2) is 0 Å². The molecule has 1 unspecified atom stereocenters. The monoisotopic (exact) mass is 362 g/mol. The minimum absolute atomic E-state index is 0.230. The Hall–Kier alpha value is -2.04. The lowest BCUT2D eigenvalue weighted by Gasteiger charge is -2.23. The average molecular weight is 363 g/mol. The minimum atomic E-state index is -1.16. The first-order chi connectivity index (χ1) is 11.3. The Balaban J connectivity index is 1.93. The number of urea groups is 1. The van der Waals surface area contributed by atoms with Gasteiger partial charge in [0.1, 0.15) is 5.54 Å². The van der Waals surface area contributed by atoms with Gasteiger partial charge in [0.05, 0.1) is 16.6 Å². The van der Waals surface area contributed by atoms with E-state index in [1.165, 1.54) is 4.90 Å². The number of aryl methyl sites for hydroxylation is 1. The summed E-state index contributed by atoms with van der Waals surface area (Å²) in [5, 5.41) is 3.51. The van der Waals surface area contributed by atoms with E-state index in [1.54, 1.807) is 25.1 Å². The van der Waals surface area contributed by atoms with E-state index >= 15 is 0 Å². The van der Waals surface area contributed by atoms with E-state index in [0.717, 1.165) is 11.1 Å². The molecule has 124 valence electrons. The first-order valence-electron chi connectivity index (χ1n) is 7.47. The summed E-state index contributed by atoms with van der Waals surface area (Å²) < 4.78 is 0. The average Bonchev–Trinajstić information content (AvgIpc) is 2.76. The lowest BCUT2D eigenvalue weighted by Crippen LogP contribution is -2.40. The van der Waals surface area contributed by atoms with E-state index < -0.39 is 11.6 Å². The molecule has 1 atom stereocenters. The van der Waals surface area contributed by atoms with Gasteiger partial charge in [-0.25, -0.2) is 4.79 Å². The summed E-state index contributed by atoms with van der Waals surface area (Å²) in [6.45, 7) is 3.85. The van der Waals surface area contributed by atoms with Crippen LogP contribution in [0.2, 0.25) is 10.0 Å². The number of benzene rings is 2. The SMILES string of the molecule is Cc1ccccc1CN1C(=O)NC(C)(c2ccc(Cl)c(Cl)c2)C1=O. The second-order valence-electron chi connectivity index (χ2n) is 6.00. The van der Waals surface area contributed by atoms with Crippen LogP contribution in [0.1, 0.15) is 23.6 Å². The lowest BCUT2D eigenvalue weighted by molar-refractivity contribution is -0.131. The van der Waals surface area contributed by atoms with Crippen LogP contribution in [0, 0.1) is 6.92 Å². The van der Waals surface area contributed by atoms with Crippen molar-refractivity contribution in [2.75, 3.05) is 0 Å². The summed E-state index contributed by atoms with van der Waals surface area (Å²) in [5.74, 6) is -0.311. The first-order valence-corrected chi connectivity index (χ1v) is 8.22. The summed E-state index contributed by atoms with van der Waals surface area (Å²) in [5.41, 5.74) is 1.40. The van der Waals surface area contributed by atoms with Gasteiger partial charge in [-0.3, -0.25) is 9.69 Å². The van der Waals surface area contributed by atoms with Gasteiger partial charge in [-0.1, -0.05) is 53.5 Å². The van der Waals surface area contributed by atoms with Crippen LogP contribution in [0.15, 0.2) is 42.5 Å². The molecule has 0 bridgehead atoms. The van der Waals surface area contributed by atoms with Crippen molar-refractivity contribution in [2.45, 2.75) is 25.9 Å². The highest BCUT2D eigenvalue weighted by atomic mass is 35.5. The topological polar surface area (TPSA) is 49.4 Å². The van der Waals surface area contributed by atoms with Crippen LogP contribution in [-0.2, 0) is 16.9 Å². The van der Waals surface area contributed by atoms with Gasteiger partial charge in [0.2, 0.25) is 0 Å². The van der Waals surface area contributed by atoms with Crippen molar-refractivity contribution in [3.05, 3.63) is 69.2 Å². The Bertz CT molecular complexity index is 838. The number of rotatable bonds is 3. The molecule has 3 rings (SSSR count). The van der Waals surface area contributed by atoms with E-state index in [1.807, 2.05) is 31.2 Å². The van der Waals surface area contributed by atoms with Gasteiger partial charge >= 0.3 is 6.03 Å². The molecule has 0 aromatic heterocycles. The predicted octanol–water partition coefficient (Wildman–Crippen LogP) is 4.27. The number of hydrogen-bond acceptors (Lipinski definition) is 2. The predicted molar refractivity (Wildman–Crippen MR) is 94.1 cm³/mol. The number of nitrogens with zero attached hydrogens (tertiary/aromatic N) is 1. The third-order valence-corrected chi connectivity index (χ3v) is 5.10. The van der Waals surface area contributed by atoms with Crippen molar-refractivity contribution in [1.29, 1.82) is 0 Å². The zero-order chi connectivity index (χ0) is 17.5. The quantitative estimate of drug-likeness (QED) is 0.828. The van der Waals surface area contributed by atoms with Gasteiger partial charge in [-0.05, 0) is 42.7 Å². The maximum Gasteiger partial charge on any atom is 0.325 e. The molecule has 2 aromatic carbocycles. The number of halogens is 2. The second-order valence-corrected chi connectivity index (χ2v) is 6.82. The Morgan fingerprint density at radius 1 is 1.08 bits per heavy atom. The molecule has 1 saturated heterocycles. The molecule has 1 heterocycles. The zero-order valence-corrected chi connectivity index (χ0v) is 14.8. The molecule has 24 heavy (non-hydrogen) atoms. The van der Waals surface area contributed by atoms with Crippen LogP contribution >= 0.6 is 23.2 Å². The van der Waals surface area contributed by atoms with E-state index in [-0.39, 0.29) is 12.5 Å². The standard InChI is InChI=1S/C18H16Cl2N2O2/c1-11-5-3-4-6-12(11)10-22-16(23)18(2,21-17(22)24)13-7-8-14(19)15(20)9-13/h3-9H,10H2,1-2H3,(H,21,24). The van der Waals surface area contributed by atoms with Crippen molar-refractivity contribution >= 4 is 35.1 Å². The van der Waals surface area contributed by atoms with E-state index in [4.69, 9.17) is 23.2 Å². The number of hydrogen-bond donors (Lipinski definition) is 1. The third kappa shape index (κ3) is 2.76. The van der Waals surface area contributed by atoms with Crippen molar-refractivity contribution < 1.29 is 9.59 Å². The van der Waals surface area contributed by atoms with Crippen molar-refractivity contribution in [3.63, 3.8) is 0 Å². The fourth-order valence-electron chi connectivity index (χ4n) is 2.80. The molecule has 0 aliphatic carbocycles. The lowest BCUT2D eigenvalue weighted by atomic mass is 9.92. The normalized spacial score (nSPS) is 20.4. The fraction of sp³-hybridized carbons (Fsp3) is 0.222. The number of carbonyl (C=O) groups excluding carboxylic acids is 2. The Morgan fingerprint density at radius 3 is 2.46 bits per heavy atom. The highest BCUT2D eigenvalue weighted by molar-refractivity contribution is 6.42. The second kappa shape index (κ2) is 6.11. The largest absolute Gasteiger partial charge is 0.325 e. The smallest absolute Gasteiger partial charge is 0.319 e. The van der Waals surface area contributed by atoms with Gasteiger partial charge in [0, 0.05) is 0 Å². The first kappa shape index (κ1) is 16.8. The summed E-state index contributed by atoms with van der Waals surface area (Å²) >= 11 is 12.0. The van der Waals surface area contributed by atoms with Gasteiger partial charge in [-0.15, -0.1) is 0 Å². The molecule has 2 aromatic rings. The molecule has 4 nitrogen and oxygen atoms in total. The van der Waals surface area contributed by atoms with E-state index in [0.29, 0.717) is 15.6 Å². The molecule has 1 fully saturated rings. The molecule has 0 radical (unpaired) electrons. The Morgan fingerprint density at radius 2 is 1.79 bits per heavy atom. The molecule has 0 saturated carbocycles. The Labute approximate surface area is 150 Å². The highest BCUT2D eigenvalue weighted by Gasteiger charge is 2.49. The van der Waals surface area contributed by atoms with E-state index in [2.05, 4.69) is 5.32 Å². The number of imide groups is 1. The van der Waals surface area contributed by atoms with Gasteiger partial charge in [-0.2, -0.15) is 0 Å². The minimum Gasteiger partial charge on any atom is -0.319 e. The maximum absolute atomic E-state index is 12.9. The van der Waals surface area contributed by atoms with Crippen molar-refractivity contribution in [2.24, 2.45) is 0 Å². The third-order valence-electron chi connectivity index (χ3n) is 4.36. The zero-order valence-electron chi connectivity index (χ0n) is 13.3. The summed E-state index contributed by atoms with van der Waals surface area (Å²) in [7, 11) is 0. The van der Waals surface area contributed by atoms with Crippen LogP contribution in [0.25, 0.3) is 0 Å². The van der Waals surface area contributed by atoms with Crippen LogP contribution in [-0.4, -0.2) is 16.8 Å². The number of amides is 3. The van der Waals surface area contributed by atoms with Crippen LogP contribution < -0.4 is 5.32 Å².